The Labute approximate surface area is 127 Å². The molecule has 0 atom stereocenters. The fourth-order valence-electron chi connectivity index (χ4n) is 2.84. The van der Waals surface area contributed by atoms with Crippen molar-refractivity contribution in [2.45, 2.75) is 25.9 Å². The lowest BCUT2D eigenvalue weighted by Gasteiger charge is -2.15. The zero-order valence-electron chi connectivity index (χ0n) is 12.3. The van der Waals surface area contributed by atoms with Gasteiger partial charge >= 0.3 is 0 Å². The molecule has 1 aromatic heterocycles. The van der Waals surface area contributed by atoms with Crippen LogP contribution in [-0.2, 0) is 13.1 Å². The highest BCUT2D eigenvalue weighted by Gasteiger charge is 2.17. The van der Waals surface area contributed by atoms with Crippen LogP contribution in [0.2, 0.25) is 0 Å². The molecular weight excluding hydrogens is 288 g/mol. The van der Waals surface area contributed by atoms with Crippen LogP contribution < -0.4 is 5.73 Å². The van der Waals surface area contributed by atoms with E-state index >= 15 is 0 Å². The van der Waals surface area contributed by atoms with Gasteiger partial charge in [-0.25, -0.2) is 13.5 Å². The highest BCUT2D eigenvalue weighted by Crippen LogP contribution is 2.24. The lowest BCUT2D eigenvalue weighted by atomic mass is 10.1. The Morgan fingerprint density at radius 1 is 1.09 bits per heavy atom. The van der Waals surface area contributed by atoms with Crippen LogP contribution in [0.15, 0.2) is 18.2 Å². The normalized spacial score (nSPS) is 15.6. The van der Waals surface area contributed by atoms with E-state index in [1.165, 1.54) is 25.0 Å². The highest BCUT2D eigenvalue weighted by molar-refractivity contribution is 5.62. The van der Waals surface area contributed by atoms with Crippen molar-refractivity contribution >= 4 is 0 Å². The molecule has 3 rings (SSSR count). The van der Waals surface area contributed by atoms with E-state index in [-0.39, 0.29) is 6.54 Å². The standard InChI is InChI=1S/C15H19F2N5/c16-12-4-3-11(9-13(12)17)15-14(10-18)19-20-22(15)8-7-21-5-1-2-6-21/h3-4,9H,1-2,5-8,10,18H2. The SMILES string of the molecule is NCc1nnn(CCN2CCCC2)c1-c1ccc(F)c(F)c1. The van der Waals surface area contributed by atoms with Gasteiger partial charge in [0.25, 0.3) is 0 Å². The van der Waals surface area contributed by atoms with E-state index in [2.05, 4.69) is 15.2 Å². The summed E-state index contributed by atoms with van der Waals surface area (Å²) in [6.45, 7) is 3.92. The van der Waals surface area contributed by atoms with Crippen LogP contribution in [0.3, 0.4) is 0 Å². The summed E-state index contributed by atoms with van der Waals surface area (Å²) in [5.41, 5.74) is 7.50. The predicted molar refractivity (Wildman–Crippen MR) is 78.9 cm³/mol. The molecule has 0 radical (unpaired) electrons. The van der Waals surface area contributed by atoms with Gasteiger partial charge in [-0.3, -0.25) is 0 Å². The molecule has 1 fully saturated rings. The number of hydrogen-bond acceptors (Lipinski definition) is 4. The van der Waals surface area contributed by atoms with Gasteiger partial charge in [-0.15, -0.1) is 5.10 Å². The number of benzene rings is 1. The van der Waals surface area contributed by atoms with E-state index in [1.807, 2.05) is 0 Å². The van der Waals surface area contributed by atoms with Crippen LogP contribution in [0, 0.1) is 11.6 Å². The Balaban J connectivity index is 1.87. The number of hydrogen-bond donors (Lipinski definition) is 1. The second kappa shape index (κ2) is 6.50. The maximum atomic E-state index is 13.5. The summed E-state index contributed by atoms with van der Waals surface area (Å²) in [5.74, 6) is -1.75. The molecule has 2 aromatic rings. The van der Waals surface area contributed by atoms with E-state index in [0.717, 1.165) is 25.7 Å². The highest BCUT2D eigenvalue weighted by atomic mass is 19.2. The van der Waals surface area contributed by atoms with Crippen LogP contribution in [0.25, 0.3) is 11.3 Å². The third-order valence-electron chi connectivity index (χ3n) is 4.02. The number of halogens is 2. The summed E-state index contributed by atoms with van der Waals surface area (Å²) < 4.78 is 28.4. The molecule has 118 valence electrons. The average molecular weight is 307 g/mol. The second-order valence-corrected chi connectivity index (χ2v) is 5.49. The molecule has 0 saturated carbocycles. The Kier molecular flexibility index (Phi) is 4.44. The number of rotatable bonds is 5. The minimum absolute atomic E-state index is 0.206. The van der Waals surface area contributed by atoms with Gasteiger partial charge in [0.1, 0.15) is 5.69 Å². The fraction of sp³-hybridized carbons (Fsp3) is 0.467. The summed E-state index contributed by atoms with van der Waals surface area (Å²) in [7, 11) is 0. The summed E-state index contributed by atoms with van der Waals surface area (Å²) in [6.07, 6.45) is 2.45. The van der Waals surface area contributed by atoms with Crippen molar-refractivity contribution in [3.63, 3.8) is 0 Å². The molecule has 5 nitrogen and oxygen atoms in total. The third kappa shape index (κ3) is 3.00. The molecule has 0 amide bonds. The van der Waals surface area contributed by atoms with E-state index < -0.39 is 11.6 Å². The first-order chi connectivity index (χ1) is 10.7. The van der Waals surface area contributed by atoms with Crippen LogP contribution in [-0.4, -0.2) is 39.5 Å². The van der Waals surface area contributed by atoms with Gasteiger partial charge in [0.05, 0.1) is 12.2 Å². The zero-order chi connectivity index (χ0) is 15.5. The summed E-state index contributed by atoms with van der Waals surface area (Å²) >= 11 is 0. The van der Waals surface area contributed by atoms with Gasteiger partial charge in [0.2, 0.25) is 0 Å². The number of nitrogens with zero attached hydrogens (tertiary/aromatic N) is 4. The van der Waals surface area contributed by atoms with Crippen molar-refractivity contribution in [3.8, 4) is 11.3 Å². The Hall–Kier alpha value is -1.86. The van der Waals surface area contributed by atoms with Crippen molar-refractivity contribution in [3.05, 3.63) is 35.5 Å². The molecule has 0 aliphatic carbocycles. The molecule has 1 saturated heterocycles. The topological polar surface area (TPSA) is 60.0 Å². The van der Waals surface area contributed by atoms with Crippen LogP contribution in [0.1, 0.15) is 18.5 Å². The molecule has 2 N–H and O–H groups in total. The van der Waals surface area contributed by atoms with Crippen molar-refractivity contribution in [1.29, 1.82) is 0 Å². The third-order valence-corrected chi connectivity index (χ3v) is 4.02. The molecule has 2 heterocycles. The number of aromatic nitrogens is 3. The minimum Gasteiger partial charge on any atom is -0.325 e. The van der Waals surface area contributed by atoms with Gasteiger partial charge in [0.15, 0.2) is 11.6 Å². The first-order valence-electron chi connectivity index (χ1n) is 7.49. The van der Waals surface area contributed by atoms with E-state index in [4.69, 9.17) is 5.73 Å². The fourth-order valence-corrected chi connectivity index (χ4v) is 2.84. The molecule has 7 heteroatoms. The van der Waals surface area contributed by atoms with Gasteiger partial charge in [0, 0.05) is 18.7 Å². The maximum absolute atomic E-state index is 13.5. The quantitative estimate of drug-likeness (QED) is 0.915. The van der Waals surface area contributed by atoms with Crippen LogP contribution in [0.5, 0.6) is 0 Å². The monoisotopic (exact) mass is 307 g/mol. The molecule has 0 unspecified atom stereocenters. The first kappa shape index (κ1) is 15.1. The van der Waals surface area contributed by atoms with Crippen molar-refractivity contribution < 1.29 is 8.78 Å². The first-order valence-corrected chi connectivity index (χ1v) is 7.49. The van der Waals surface area contributed by atoms with Gasteiger partial charge in [-0.1, -0.05) is 5.21 Å². The molecule has 0 spiro atoms. The van der Waals surface area contributed by atoms with Crippen molar-refractivity contribution in [2.75, 3.05) is 19.6 Å². The molecule has 1 aromatic carbocycles. The lowest BCUT2D eigenvalue weighted by Crippen LogP contribution is -2.24. The predicted octanol–water partition coefficient (Wildman–Crippen LogP) is 1.78. The summed E-state index contributed by atoms with van der Waals surface area (Å²) in [6, 6.07) is 3.81. The molecule has 0 bridgehead atoms. The minimum atomic E-state index is -0.882. The average Bonchev–Trinajstić information content (AvgIpc) is 3.16. The van der Waals surface area contributed by atoms with E-state index in [1.54, 1.807) is 4.68 Å². The van der Waals surface area contributed by atoms with E-state index in [0.29, 0.717) is 23.5 Å². The van der Waals surface area contributed by atoms with Gasteiger partial charge in [-0.05, 0) is 44.1 Å². The zero-order valence-corrected chi connectivity index (χ0v) is 12.3. The number of likely N-dealkylation sites (tertiary alicyclic amines) is 1. The van der Waals surface area contributed by atoms with Crippen molar-refractivity contribution in [1.82, 2.24) is 19.9 Å². The van der Waals surface area contributed by atoms with E-state index in [9.17, 15) is 8.78 Å². The van der Waals surface area contributed by atoms with Crippen LogP contribution in [0.4, 0.5) is 8.78 Å². The Bertz CT molecular complexity index is 649. The maximum Gasteiger partial charge on any atom is 0.159 e. The second-order valence-electron chi connectivity index (χ2n) is 5.49. The largest absolute Gasteiger partial charge is 0.325 e. The smallest absolute Gasteiger partial charge is 0.159 e. The molecular formula is C15H19F2N5. The van der Waals surface area contributed by atoms with Crippen LogP contribution >= 0.6 is 0 Å². The Morgan fingerprint density at radius 3 is 2.55 bits per heavy atom. The summed E-state index contributed by atoms with van der Waals surface area (Å²) in [5, 5.41) is 8.18. The lowest BCUT2D eigenvalue weighted by molar-refractivity contribution is 0.315. The van der Waals surface area contributed by atoms with Crippen molar-refractivity contribution in [2.24, 2.45) is 5.73 Å². The molecule has 1 aliphatic heterocycles. The Morgan fingerprint density at radius 2 is 1.86 bits per heavy atom. The molecule has 1 aliphatic rings. The van der Waals surface area contributed by atoms with Gasteiger partial charge < -0.3 is 10.6 Å². The summed E-state index contributed by atoms with van der Waals surface area (Å²) in [4.78, 5) is 2.36. The number of nitrogens with two attached hydrogens (primary N) is 1. The molecule has 22 heavy (non-hydrogen) atoms. The van der Waals surface area contributed by atoms with Gasteiger partial charge in [-0.2, -0.15) is 0 Å².